The van der Waals surface area contributed by atoms with Gasteiger partial charge in [0.2, 0.25) is 0 Å². The fourth-order valence-corrected chi connectivity index (χ4v) is 3.02. The highest BCUT2D eigenvalue weighted by Crippen LogP contribution is 2.39. The van der Waals surface area contributed by atoms with Crippen molar-refractivity contribution >= 4 is 15.1 Å². The van der Waals surface area contributed by atoms with Crippen LogP contribution in [0.1, 0.15) is 52.9 Å². The molecule has 136 valence electrons. The van der Waals surface area contributed by atoms with Gasteiger partial charge >= 0.3 is 0 Å². The van der Waals surface area contributed by atoms with Crippen molar-refractivity contribution < 1.29 is 13.9 Å². The van der Waals surface area contributed by atoms with Crippen LogP contribution in [0.3, 0.4) is 0 Å². The van der Waals surface area contributed by atoms with Crippen molar-refractivity contribution in [3.8, 4) is 0 Å². The normalized spacial score (nSPS) is 18.1. The lowest BCUT2D eigenvalue weighted by Crippen LogP contribution is -2.19. The van der Waals surface area contributed by atoms with Gasteiger partial charge < -0.3 is 10.4 Å². The van der Waals surface area contributed by atoms with Gasteiger partial charge in [-0.1, -0.05) is 34.7 Å². The van der Waals surface area contributed by atoms with E-state index in [1.54, 1.807) is 21.5 Å². The number of nitrogens with zero attached hydrogens (tertiary/aromatic N) is 1. The first-order valence-corrected chi connectivity index (χ1v) is 9.03. The molecule has 6 heteroatoms. The highest BCUT2D eigenvalue weighted by molar-refractivity contribution is 7.18. The first kappa shape index (κ1) is 21.0. The largest absolute Gasteiger partial charge is 0.396 e. The number of hydrogen-bond donors (Lipinski definition) is 2. The van der Waals surface area contributed by atoms with Crippen LogP contribution in [-0.2, 0) is 0 Å². The zero-order chi connectivity index (χ0) is 18.2. The van der Waals surface area contributed by atoms with Crippen LogP contribution in [0.2, 0.25) is 0 Å². The quantitative estimate of drug-likeness (QED) is 0.379. The second kappa shape index (κ2) is 10.0. The molecule has 0 fully saturated rings. The molecule has 3 nitrogen and oxygen atoms in total. The van der Waals surface area contributed by atoms with Crippen molar-refractivity contribution in [1.82, 2.24) is 5.32 Å². The van der Waals surface area contributed by atoms with E-state index in [0.717, 1.165) is 30.7 Å². The third-order valence-electron chi connectivity index (χ3n) is 3.96. The van der Waals surface area contributed by atoms with E-state index in [2.05, 4.69) is 17.2 Å². The Labute approximate surface area is 146 Å². The molecule has 0 bridgehead atoms. The van der Waals surface area contributed by atoms with Crippen molar-refractivity contribution in [2.45, 2.75) is 64.6 Å². The summed E-state index contributed by atoms with van der Waals surface area (Å²) in [5, 5.41) is 12.2. The molecule has 1 aliphatic rings. The summed E-state index contributed by atoms with van der Waals surface area (Å²) >= 11 is 0. The SMILES string of the molecule is CCCC(CCO)N=C(C)N/C=C(\C)C1=C(C(F)(F)P)C=CCC1. The van der Waals surface area contributed by atoms with Crippen molar-refractivity contribution in [2.75, 3.05) is 6.61 Å². The number of hydrogen-bond acceptors (Lipinski definition) is 2. The van der Waals surface area contributed by atoms with Gasteiger partial charge in [0.15, 0.2) is 0 Å². The zero-order valence-electron chi connectivity index (χ0n) is 14.8. The summed E-state index contributed by atoms with van der Waals surface area (Å²) in [6, 6.07) is 0.0879. The number of alkyl halides is 2. The second-order valence-electron chi connectivity index (χ2n) is 6.10. The number of amidine groups is 1. The number of aliphatic imine (C=N–C) groups is 1. The summed E-state index contributed by atoms with van der Waals surface area (Å²) in [4.78, 5) is 4.56. The number of rotatable bonds is 8. The van der Waals surface area contributed by atoms with Crippen molar-refractivity contribution in [1.29, 1.82) is 0 Å². The highest BCUT2D eigenvalue weighted by Gasteiger charge is 2.30. The van der Waals surface area contributed by atoms with Crippen LogP contribution in [-0.4, -0.2) is 29.3 Å². The summed E-state index contributed by atoms with van der Waals surface area (Å²) < 4.78 is 27.4. The van der Waals surface area contributed by atoms with E-state index in [0.29, 0.717) is 18.4 Å². The highest BCUT2D eigenvalue weighted by atomic mass is 31.0. The summed E-state index contributed by atoms with van der Waals surface area (Å²) in [6.07, 6.45) is 8.98. The number of aliphatic hydroxyl groups is 1. The van der Waals surface area contributed by atoms with E-state index in [1.807, 2.05) is 13.8 Å². The molecule has 1 rings (SSSR count). The fourth-order valence-electron chi connectivity index (χ4n) is 2.75. The van der Waals surface area contributed by atoms with Crippen LogP contribution in [0.25, 0.3) is 0 Å². The van der Waals surface area contributed by atoms with Crippen molar-refractivity contribution in [3.63, 3.8) is 0 Å². The Balaban J connectivity index is 2.88. The molecule has 0 saturated carbocycles. The first-order chi connectivity index (χ1) is 11.3. The van der Waals surface area contributed by atoms with Gasteiger partial charge in [0.25, 0.3) is 5.66 Å². The van der Waals surface area contributed by atoms with Crippen molar-refractivity contribution in [2.24, 2.45) is 4.99 Å². The molecule has 0 aromatic rings. The molecule has 0 saturated heterocycles. The van der Waals surface area contributed by atoms with Gasteiger partial charge in [0, 0.05) is 18.4 Å². The molecule has 1 aliphatic carbocycles. The Morgan fingerprint density at radius 2 is 2.17 bits per heavy atom. The van der Waals surface area contributed by atoms with Crippen LogP contribution in [0.5, 0.6) is 0 Å². The predicted molar refractivity (Wildman–Crippen MR) is 100 cm³/mol. The summed E-state index contributed by atoms with van der Waals surface area (Å²) in [6.45, 7) is 5.88. The zero-order valence-corrected chi connectivity index (χ0v) is 15.9. The Bertz CT molecular complexity index is 528. The van der Waals surface area contributed by atoms with Crippen molar-refractivity contribution in [3.05, 3.63) is 35.1 Å². The molecule has 0 radical (unpaired) electrons. The Hall–Kier alpha value is -1.06. The molecule has 0 spiro atoms. The van der Waals surface area contributed by atoms with Crippen LogP contribution in [0.4, 0.5) is 8.78 Å². The fraction of sp³-hybridized carbons (Fsp3) is 0.611. The molecule has 0 aromatic heterocycles. The van der Waals surface area contributed by atoms with Gasteiger partial charge in [-0.05, 0) is 50.7 Å². The number of nitrogens with one attached hydrogen (secondary N) is 1. The monoisotopic (exact) mass is 358 g/mol. The third kappa shape index (κ3) is 6.82. The molecule has 0 aliphatic heterocycles. The number of halogens is 2. The molecule has 2 unspecified atom stereocenters. The average Bonchev–Trinajstić information content (AvgIpc) is 2.52. The second-order valence-corrected chi connectivity index (χ2v) is 6.82. The standard InChI is InChI=1S/C18H29F2N2OP/c1-4-7-15(10-11-23)22-14(3)21-12-13(2)16-8-5-6-9-17(16)18(19,20)24/h6,9,12,15,23H,4-5,7-8,10-11,24H2,1-3H3,(H,21,22)/b13-12+. The average molecular weight is 358 g/mol. The Morgan fingerprint density at radius 1 is 1.46 bits per heavy atom. The minimum Gasteiger partial charge on any atom is -0.396 e. The number of allylic oxidation sites excluding steroid dienone is 5. The maximum atomic E-state index is 13.7. The van der Waals surface area contributed by atoms with Crippen LogP contribution < -0.4 is 5.32 Å². The van der Waals surface area contributed by atoms with E-state index in [-0.39, 0.29) is 18.2 Å². The van der Waals surface area contributed by atoms with Gasteiger partial charge in [-0.2, -0.15) is 8.78 Å². The molecule has 0 heterocycles. The van der Waals surface area contributed by atoms with E-state index in [1.165, 1.54) is 6.08 Å². The van der Waals surface area contributed by atoms with Gasteiger partial charge in [0.1, 0.15) is 0 Å². The van der Waals surface area contributed by atoms with Crippen LogP contribution in [0.15, 0.2) is 40.1 Å². The maximum absolute atomic E-state index is 13.7. The lowest BCUT2D eigenvalue weighted by molar-refractivity contribution is 0.149. The number of aliphatic hydroxyl groups excluding tert-OH is 1. The molecule has 2 atom stereocenters. The van der Waals surface area contributed by atoms with Gasteiger partial charge in [-0.3, -0.25) is 4.99 Å². The molecular formula is C18H29F2N2OP. The van der Waals surface area contributed by atoms with Crippen LogP contribution >= 0.6 is 9.24 Å². The van der Waals surface area contributed by atoms with E-state index >= 15 is 0 Å². The molecule has 0 amide bonds. The minimum absolute atomic E-state index is 0.0630. The maximum Gasteiger partial charge on any atom is 0.284 e. The minimum atomic E-state index is -2.92. The third-order valence-corrected chi connectivity index (χ3v) is 4.27. The topological polar surface area (TPSA) is 44.6 Å². The molecule has 0 aromatic carbocycles. The smallest absolute Gasteiger partial charge is 0.284 e. The molecule has 24 heavy (non-hydrogen) atoms. The summed E-state index contributed by atoms with van der Waals surface area (Å²) in [7, 11) is 1.62. The molecular weight excluding hydrogens is 329 g/mol. The Kier molecular flexibility index (Phi) is 8.79. The van der Waals surface area contributed by atoms with Gasteiger partial charge in [0.05, 0.1) is 11.9 Å². The lowest BCUT2D eigenvalue weighted by atomic mass is 9.92. The summed E-state index contributed by atoms with van der Waals surface area (Å²) in [5.74, 6) is 0.729. The first-order valence-electron chi connectivity index (χ1n) is 8.45. The van der Waals surface area contributed by atoms with Gasteiger partial charge in [-0.15, -0.1) is 0 Å². The van der Waals surface area contributed by atoms with E-state index in [9.17, 15) is 8.78 Å². The molecule has 2 N–H and O–H groups in total. The van der Waals surface area contributed by atoms with E-state index < -0.39 is 5.66 Å². The van der Waals surface area contributed by atoms with Crippen LogP contribution in [0, 0.1) is 0 Å². The lowest BCUT2D eigenvalue weighted by Gasteiger charge is -2.21. The van der Waals surface area contributed by atoms with Gasteiger partial charge in [-0.25, -0.2) is 0 Å². The van der Waals surface area contributed by atoms with E-state index in [4.69, 9.17) is 5.11 Å². The summed E-state index contributed by atoms with van der Waals surface area (Å²) in [5.41, 5.74) is -1.38. The Morgan fingerprint density at radius 3 is 2.75 bits per heavy atom. The predicted octanol–water partition coefficient (Wildman–Crippen LogP) is 4.56.